The number of nitrogens with two attached hydrogens (primary N) is 1. The van der Waals surface area contributed by atoms with Crippen LogP contribution in [0.15, 0.2) is 0 Å². The Morgan fingerprint density at radius 1 is 1.04 bits per heavy atom. The standard InChI is InChI=1S/C14H25N3O6S/c15-9(8-24)13(21)16-7-3-1-2-4-11(18)17-10(14(22)23)5-6-12(19)20/h9-10,24H,1-8,15H2,(H,16,21)(H,17,18)(H,19,20)(H,22,23). The second-order valence-corrected chi connectivity index (χ2v) is 5.65. The average molecular weight is 363 g/mol. The fourth-order valence-electron chi connectivity index (χ4n) is 1.80. The van der Waals surface area contributed by atoms with Gasteiger partial charge >= 0.3 is 11.9 Å². The summed E-state index contributed by atoms with van der Waals surface area (Å²) >= 11 is 3.92. The number of nitrogens with one attached hydrogen (secondary N) is 2. The van der Waals surface area contributed by atoms with Crippen LogP contribution in [0.3, 0.4) is 0 Å². The molecule has 0 heterocycles. The van der Waals surface area contributed by atoms with Crippen molar-refractivity contribution < 1.29 is 29.4 Å². The molecular formula is C14H25N3O6S. The first kappa shape index (κ1) is 22.2. The summed E-state index contributed by atoms with van der Waals surface area (Å²) in [5.74, 6) is -2.82. The zero-order valence-electron chi connectivity index (χ0n) is 13.4. The van der Waals surface area contributed by atoms with E-state index >= 15 is 0 Å². The summed E-state index contributed by atoms with van der Waals surface area (Å²) in [5.41, 5.74) is 5.49. The summed E-state index contributed by atoms with van der Waals surface area (Å²) < 4.78 is 0. The number of amides is 2. The highest BCUT2D eigenvalue weighted by Crippen LogP contribution is 2.02. The van der Waals surface area contributed by atoms with Crippen LogP contribution in [-0.4, -0.2) is 58.3 Å². The van der Waals surface area contributed by atoms with Crippen molar-refractivity contribution in [2.45, 2.75) is 50.6 Å². The van der Waals surface area contributed by atoms with E-state index in [0.717, 1.165) is 0 Å². The molecule has 9 nitrogen and oxygen atoms in total. The minimum atomic E-state index is -1.26. The third-order valence-electron chi connectivity index (χ3n) is 3.19. The lowest BCUT2D eigenvalue weighted by atomic mass is 10.1. The molecule has 0 spiro atoms. The highest BCUT2D eigenvalue weighted by molar-refractivity contribution is 7.80. The third kappa shape index (κ3) is 10.8. The topological polar surface area (TPSA) is 159 Å². The zero-order valence-corrected chi connectivity index (χ0v) is 14.3. The highest BCUT2D eigenvalue weighted by Gasteiger charge is 2.20. The predicted octanol–water partition coefficient (Wildman–Crippen LogP) is -0.646. The first-order valence-corrected chi connectivity index (χ1v) is 8.29. The predicted molar refractivity (Wildman–Crippen MR) is 89.7 cm³/mol. The summed E-state index contributed by atoms with van der Waals surface area (Å²) in [4.78, 5) is 44.4. The van der Waals surface area contributed by atoms with E-state index in [-0.39, 0.29) is 30.9 Å². The van der Waals surface area contributed by atoms with E-state index in [9.17, 15) is 19.2 Å². The van der Waals surface area contributed by atoms with Gasteiger partial charge in [-0.2, -0.15) is 12.6 Å². The largest absolute Gasteiger partial charge is 0.481 e. The summed E-state index contributed by atoms with van der Waals surface area (Å²) in [7, 11) is 0. The van der Waals surface area contributed by atoms with E-state index in [4.69, 9.17) is 15.9 Å². The Balaban J connectivity index is 3.86. The van der Waals surface area contributed by atoms with Gasteiger partial charge in [-0.1, -0.05) is 6.42 Å². The molecule has 0 saturated carbocycles. The van der Waals surface area contributed by atoms with Gasteiger partial charge < -0.3 is 26.6 Å². The first-order chi connectivity index (χ1) is 11.3. The fourth-order valence-corrected chi connectivity index (χ4v) is 1.97. The first-order valence-electron chi connectivity index (χ1n) is 7.66. The van der Waals surface area contributed by atoms with Gasteiger partial charge in [-0.15, -0.1) is 0 Å². The van der Waals surface area contributed by atoms with Gasteiger partial charge in [0, 0.05) is 25.1 Å². The molecule has 0 aliphatic carbocycles. The smallest absolute Gasteiger partial charge is 0.326 e. The molecule has 6 N–H and O–H groups in total. The molecule has 0 fully saturated rings. The summed E-state index contributed by atoms with van der Waals surface area (Å²) in [6.45, 7) is 0.443. The minimum Gasteiger partial charge on any atom is -0.481 e. The molecule has 0 aromatic rings. The normalized spacial score (nSPS) is 12.9. The molecule has 0 radical (unpaired) electrons. The molecule has 24 heavy (non-hydrogen) atoms. The van der Waals surface area contributed by atoms with Gasteiger partial charge in [0.25, 0.3) is 0 Å². The van der Waals surface area contributed by atoms with Crippen LogP contribution in [-0.2, 0) is 19.2 Å². The molecule has 0 rings (SSSR count). The van der Waals surface area contributed by atoms with E-state index in [0.29, 0.717) is 25.8 Å². The molecule has 138 valence electrons. The number of carboxylic acid groups (broad SMARTS) is 2. The number of hydrogen-bond donors (Lipinski definition) is 6. The van der Waals surface area contributed by atoms with Gasteiger partial charge in [-0.25, -0.2) is 4.79 Å². The number of hydrogen-bond acceptors (Lipinski definition) is 6. The van der Waals surface area contributed by atoms with Gasteiger partial charge in [-0.3, -0.25) is 14.4 Å². The molecule has 0 saturated heterocycles. The molecule has 2 atom stereocenters. The second kappa shape index (κ2) is 12.6. The van der Waals surface area contributed by atoms with Gasteiger partial charge in [0.2, 0.25) is 11.8 Å². The molecule has 0 bridgehead atoms. The van der Waals surface area contributed by atoms with Crippen LogP contribution in [0, 0.1) is 0 Å². The van der Waals surface area contributed by atoms with Crippen LogP contribution in [0.2, 0.25) is 0 Å². The van der Waals surface area contributed by atoms with Crippen LogP contribution in [0.25, 0.3) is 0 Å². The van der Waals surface area contributed by atoms with Crippen LogP contribution < -0.4 is 16.4 Å². The molecule has 10 heteroatoms. The van der Waals surface area contributed by atoms with Crippen molar-refractivity contribution in [3.05, 3.63) is 0 Å². The van der Waals surface area contributed by atoms with Gasteiger partial charge in [0.05, 0.1) is 6.04 Å². The van der Waals surface area contributed by atoms with Crippen LogP contribution >= 0.6 is 12.6 Å². The van der Waals surface area contributed by atoms with Crippen molar-refractivity contribution in [3.8, 4) is 0 Å². The highest BCUT2D eigenvalue weighted by atomic mass is 32.1. The molecule has 2 unspecified atom stereocenters. The van der Waals surface area contributed by atoms with Gasteiger partial charge in [0.15, 0.2) is 0 Å². The van der Waals surface area contributed by atoms with E-state index in [2.05, 4.69) is 23.3 Å². The Kier molecular flexibility index (Phi) is 11.6. The number of carbonyl (C=O) groups excluding carboxylic acids is 2. The number of carboxylic acids is 2. The lowest BCUT2D eigenvalue weighted by molar-refractivity contribution is -0.143. The average Bonchev–Trinajstić information content (AvgIpc) is 2.52. The van der Waals surface area contributed by atoms with Crippen molar-refractivity contribution in [1.29, 1.82) is 0 Å². The number of unbranched alkanes of at least 4 members (excludes halogenated alkanes) is 2. The Labute approximate surface area is 145 Å². The number of carbonyl (C=O) groups is 4. The number of aliphatic carboxylic acids is 2. The van der Waals surface area contributed by atoms with Crippen molar-refractivity contribution in [2.75, 3.05) is 12.3 Å². The van der Waals surface area contributed by atoms with Crippen LogP contribution in [0.4, 0.5) is 0 Å². The van der Waals surface area contributed by atoms with Crippen molar-refractivity contribution in [3.63, 3.8) is 0 Å². The lowest BCUT2D eigenvalue weighted by Gasteiger charge is -2.13. The number of rotatable bonds is 13. The Morgan fingerprint density at radius 3 is 2.25 bits per heavy atom. The van der Waals surface area contributed by atoms with E-state index in [1.54, 1.807) is 0 Å². The quantitative estimate of drug-likeness (QED) is 0.187. The molecule has 0 aromatic heterocycles. The molecular weight excluding hydrogens is 338 g/mol. The van der Waals surface area contributed by atoms with Crippen molar-refractivity contribution >= 4 is 36.4 Å². The van der Waals surface area contributed by atoms with E-state index in [1.165, 1.54) is 0 Å². The molecule has 0 aliphatic rings. The van der Waals surface area contributed by atoms with Gasteiger partial charge in [-0.05, 0) is 19.3 Å². The van der Waals surface area contributed by atoms with Crippen LogP contribution in [0.1, 0.15) is 38.5 Å². The Bertz CT molecular complexity index is 446. The van der Waals surface area contributed by atoms with Gasteiger partial charge in [0.1, 0.15) is 6.04 Å². The second-order valence-electron chi connectivity index (χ2n) is 5.28. The molecule has 0 aliphatic heterocycles. The maximum atomic E-state index is 11.7. The van der Waals surface area contributed by atoms with Crippen LogP contribution in [0.5, 0.6) is 0 Å². The SMILES string of the molecule is NC(CS)C(=O)NCCCCCC(=O)NC(CCC(=O)O)C(=O)O. The summed E-state index contributed by atoms with van der Waals surface area (Å²) in [5, 5.41) is 22.4. The third-order valence-corrected chi connectivity index (χ3v) is 3.59. The van der Waals surface area contributed by atoms with Crippen molar-refractivity contribution in [2.24, 2.45) is 5.73 Å². The Morgan fingerprint density at radius 2 is 1.71 bits per heavy atom. The monoisotopic (exact) mass is 363 g/mol. The summed E-state index contributed by atoms with van der Waals surface area (Å²) in [6.07, 6.45) is 1.53. The lowest BCUT2D eigenvalue weighted by Crippen LogP contribution is -2.42. The van der Waals surface area contributed by atoms with Crippen molar-refractivity contribution in [1.82, 2.24) is 10.6 Å². The van der Waals surface area contributed by atoms with E-state index < -0.39 is 29.9 Å². The maximum Gasteiger partial charge on any atom is 0.326 e. The maximum absolute atomic E-state index is 11.7. The Hall–Kier alpha value is -1.81. The fraction of sp³-hybridized carbons (Fsp3) is 0.714. The molecule has 2 amide bonds. The number of thiol groups is 1. The van der Waals surface area contributed by atoms with E-state index in [1.807, 2.05) is 0 Å². The zero-order chi connectivity index (χ0) is 18.5. The summed E-state index contributed by atoms with van der Waals surface area (Å²) in [6, 6.07) is -1.84. The molecule has 0 aromatic carbocycles. The minimum absolute atomic E-state index is 0.140.